The minimum Gasteiger partial charge on any atom is -0.449 e. The van der Waals surface area contributed by atoms with Gasteiger partial charge in [-0.05, 0) is 18.4 Å². The smallest absolute Gasteiger partial charge is 0.427 e. The van der Waals surface area contributed by atoms with Gasteiger partial charge in [-0.25, -0.2) is 10.2 Å². The van der Waals surface area contributed by atoms with Crippen LogP contribution in [0.5, 0.6) is 0 Å². The Bertz CT molecular complexity index is 282. The average molecular weight is 198 g/mol. The zero-order chi connectivity index (χ0) is 9.52. The van der Waals surface area contributed by atoms with Gasteiger partial charge in [0.2, 0.25) is 0 Å². The van der Waals surface area contributed by atoms with Crippen LogP contribution in [0.4, 0.5) is 4.79 Å². The molecule has 1 heterocycles. The van der Waals surface area contributed by atoms with Crippen molar-refractivity contribution in [1.29, 1.82) is 0 Å². The van der Waals surface area contributed by atoms with Gasteiger partial charge in [0, 0.05) is 4.88 Å². The third-order valence-corrected chi connectivity index (χ3v) is 1.97. The van der Waals surface area contributed by atoms with E-state index in [9.17, 15) is 4.79 Å². The van der Waals surface area contributed by atoms with Gasteiger partial charge in [-0.3, -0.25) is 0 Å². The first-order valence-electron chi connectivity index (χ1n) is 3.82. The lowest BCUT2D eigenvalue weighted by molar-refractivity contribution is 0.152. The SMILES string of the molecule is CCOC(=O)N/N=C/c1cccs1. The van der Waals surface area contributed by atoms with E-state index in [1.54, 1.807) is 24.5 Å². The molecule has 0 fully saturated rings. The number of nitrogens with one attached hydrogen (secondary N) is 1. The van der Waals surface area contributed by atoms with Crippen LogP contribution >= 0.6 is 11.3 Å². The van der Waals surface area contributed by atoms with Crippen LogP contribution in [0.1, 0.15) is 11.8 Å². The average Bonchev–Trinajstić information content (AvgIpc) is 2.57. The number of carbonyl (C=O) groups excluding carboxylic acids is 1. The van der Waals surface area contributed by atoms with Crippen molar-refractivity contribution >= 4 is 23.6 Å². The standard InChI is InChI=1S/C8H10N2O2S/c1-2-12-8(11)10-9-6-7-4-3-5-13-7/h3-6H,2H2,1H3,(H,10,11)/b9-6+. The molecule has 13 heavy (non-hydrogen) atoms. The number of carbonyl (C=O) groups is 1. The summed E-state index contributed by atoms with van der Waals surface area (Å²) in [6.45, 7) is 2.09. The summed E-state index contributed by atoms with van der Waals surface area (Å²) in [4.78, 5) is 11.7. The van der Waals surface area contributed by atoms with Gasteiger partial charge >= 0.3 is 6.09 Å². The maximum atomic E-state index is 10.7. The zero-order valence-corrected chi connectivity index (χ0v) is 8.00. The molecule has 0 unspecified atom stereocenters. The molecule has 0 aliphatic heterocycles. The van der Waals surface area contributed by atoms with Crippen LogP contribution in [0.3, 0.4) is 0 Å². The highest BCUT2D eigenvalue weighted by Crippen LogP contribution is 2.03. The first kappa shape index (κ1) is 9.73. The molecule has 5 heteroatoms. The quantitative estimate of drug-likeness (QED) is 0.595. The van der Waals surface area contributed by atoms with E-state index in [1.165, 1.54) is 0 Å². The number of ether oxygens (including phenoxy) is 1. The lowest BCUT2D eigenvalue weighted by Crippen LogP contribution is -2.18. The van der Waals surface area contributed by atoms with Crippen molar-refractivity contribution in [3.05, 3.63) is 22.4 Å². The Hall–Kier alpha value is -1.36. The second-order valence-electron chi connectivity index (χ2n) is 2.11. The van der Waals surface area contributed by atoms with Gasteiger partial charge in [-0.2, -0.15) is 5.10 Å². The fourth-order valence-corrected chi connectivity index (χ4v) is 1.26. The largest absolute Gasteiger partial charge is 0.449 e. The first-order valence-corrected chi connectivity index (χ1v) is 4.70. The second kappa shape index (κ2) is 5.31. The normalized spacial score (nSPS) is 10.2. The summed E-state index contributed by atoms with van der Waals surface area (Å²) in [5.41, 5.74) is 2.24. The first-order chi connectivity index (χ1) is 6.33. The van der Waals surface area contributed by atoms with Gasteiger partial charge < -0.3 is 4.74 Å². The zero-order valence-electron chi connectivity index (χ0n) is 7.19. The van der Waals surface area contributed by atoms with E-state index >= 15 is 0 Å². The Morgan fingerprint density at radius 2 is 2.69 bits per heavy atom. The maximum Gasteiger partial charge on any atom is 0.427 e. The third-order valence-electron chi connectivity index (χ3n) is 1.17. The van der Waals surface area contributed by atoms with Crippen LogP contribution in [-0.2, 0) is 4.74 Å². The molecule has 1 rings (SSSR count). The van der Waals surface area contributed by atoms with Crippen LogP contribution in [0.25, 0.3) is 0 Å². The van der Waals surface area contributed by atoms with Crippen LogP contribution in [0.2, 0.25) is 0 Å². The summed E-state index contributed by atoms with van der Waals surface area (Å²) >= 11 is 1.55. The van der Waals surface area contributed by atoms with Crippen LogP contribution in [0, 0.1) is 0 Å². The van der Waals surface area contributed by atoms with E-state index in [-0.39, 0.29) is 0 Å². The Kier molecular flexibility index (Phi) is 3.98. The summed E-state index contributed by atoms with van der Waals surface area (Å²) in [6, 6.07) is 3.82. The van der Waals surface area contributed by atoms with E-state index in [0.717, 1.165) is 4.88 Å². The molecule has 1 aromatic rings. The van der Waals surface area contributed by atoms with Gasteiger partial charge in [-0.15, -0.1) is 11.3 Å². The van der Waals surface area contributed by atoms with Crippen LogP contribution < -0.4 is 5.43 Å². The predicted molar refractivity (Wildman–Crippen MR) is 52.1 cm³/mol. The number of hydrazone groups is 1. The Morgan fingerprint density at radius 3 is 3.31 bits per heavy atom. The van der Waals surface area contributed by atoms with E-state index in [0.29, 0.717) is 6.61 Å². The number of nitrogens with zero attached hydrogens (tertiary/aromatic N) is 1. The predicted octanol–water partition coefficient (Wildman–Crippen LogP) is 1.83. The maximum absolute atomic E-state index is 10.7. The molecule has 0 aromatic carbocycles. The van der Waals surface area contributed by atoms with Gasteiger partial charge in [-0.1, -0.05) is 6.07 Å². The third kappa shape index (κ3) is 3.71. The number of rotatable bonds is 3. The Labute approximate surface area is 80.2 Å². The van der Waals surface area contributed by atoms with Crippen LogP contribution in [-0.4, -0.2) is 18.9 Å². The van der Waals surface area contributed by atoms with Gasteiger partial charge in [0.1, 0.15) is 0 Å². The number of hydrogen-bond acceptors (Lipinski definition) is 4. The lowest BCUT2D eigenvalue weighted by atomic mass is 10.5. The Balaban J connectivity index is 2.30. The van der Waals surface area contributed by atoms with Gasteiger partial charge in [0.05, 0.1) is 12.8 Å². The van der Waals surface area contributed by atoms with Gasteiger partial charge in [0.15, 0.2) is 0 Å². The molecule has 0 bridgehead atoms. The van der Waals surface area contributed by atoms with Crippen molar-refractivity contribution in [1.82, 2.24) is 5.43 Å². The summed E-state index contributed by atoms with van der Waals surface area (Å²) < 4.78 is 4.60. The lowest BCUT2D eigenvalue weighted by Gasteiger charge is -1.97. The molecule has 0 saturated carbocycles. The number of amides is 1. The molecule has 0 spiro atoms. The molecule has 1 N–H and O–H groups in total. The molecule has 70 valence electrons. The number of thiophene rings is 1. The van der Waals surface area contributed by atoms with E-state index in [2.05, 4.69) is 15.3 Å². The van der Waals surface area contributed by atoms with Crippen molar-refractivity contribution in [3.63, 3.8) is 0 Å². The highest BCUT2D eigenvalue weighted by molar-refractivity contribution is 7.11. The molecule has 1 amide bonds. The molecule has 0 aliphatic carbocycles. The molecule has 1 aromatic heterocycles. The highest BCUT2D eigenvalue weighted by Gasteiger charge is 1.94. The van der Waals surface area contributed by atoms with E-state index in [4.69, 9.17) is 0 Å². The fourth-order valence-electron chi connectivity index (χ4n) is 0.677. The molecule has 4 nitrogen and oxygen atoms in total. The van der Waals surface area contributed by atoms with Crippen molar-refractivity contribution < 1.29 is 9.53 Å². The fraction of sp³-hybridized carbons (Fsp3) is 0.250. The van der Waals surface area contributed by atoms with E-state index in [1.807, 2.05) is 17.5 Å². The minimum atomic E-state index is -0.532. The van der Waals surface area contributed by atoms with E-state index < -0.39 is 6.09 Å². The topological polar surface area (TPSA) is 50.7 Å². The summed E-state index contributed by atoms with van der Waals surface area (Å²) in [5.74, 6) is 0. The molecule has 0 radical (unpaired) electrons. The van der Waals surface area contributed by atoms with Crippen molar-refractivity contribution in [2.45, 2.75) is 6.92 Å². The molecular formula is C8H10N2O2S. The van der Waals surface area contributed by atoms with Crippen molar-refractivity contribution in [2.24, 2.45) is 5.10 Å². The Morgan fingerprint density at radius 1 is 1.85 bits per heavy atom. The minimum absolute atomic E-state index is 0.348. The number of hydrogen-bond donors (Lipinski definition) is 1. The van der Waals surface area contributed by atoms with Crippen molar-refractivity contribution in [3.8, 4) is 0 Å². The monoisotopic (exact) mass is 198 g/mol. The summed E-state index contributed by atoms with van der Waals surface area (Å²) in [6.07, 6.45) is 1.04. The summed E-state index contributed by atoms with van der Waals surface area (Å²) in [5, 5.41) is 5.63. The molecular weight excluding hydrogens is 188 g/mol. The van der Waals surface area contributed by atoms with Crippen LogP contribution in [0.15, 0.2) is 22.6 Å². The van der Waals surface area contributed by atoms with Gasteiger partial charge in [0.25, 0.3) is 0 Å². The summed E-state index contributed by atoms with van der Waals surface area (Å²) in [7, 11) is 0. The second-order valence-corrected chi connectivity index (χ2v) is 3.09. The molecule has 0 atom stereocenters. The van der Waals surface area contributed by atoms with Crippen molar-refractivity contribution in [2.75, 3.05) is 6.61 Å². The molecule has 0 aliphatic rings. The molecule has 0 saturated heterocycles. The highest BCUT2D eigenvalue weighted by atomic mass is 32.1.